The second kappa shape index (κ2) is 10.3. The lowest BCUT2D eigenvalue weighted by Crippen LogP contribution is -2.31. The third-order valence-corrected chi connectivity index (χ3v) is 6.14. The van der Waals surface area contributed by atoms with Gasteiger partial charge >= 0.3 is 5.69 Å². The van der Waals surface area contributed by atoms with Gasteiger partial charge in [0.05, 0.1) is 10.9 Å². The Morgan fingerprint density at radius 2 is 2.06 bits per heavy atom. The Morgan fingerprint density at radius 1 is 1.29 bits per heavy atom. The topological polar surface area (TPSA) is 102 Å². The number of aromatic nitrogens is 4. The van der Waals surface area contributed by atoms with Crippen molar-refractivity contribution in [3.63, 3.8) is 0 Å². The van der Waals surface area contributed by atoms with Gasteiger partial charge in [-0.1, -0.05) is 38.8 Å². The van der Waals surface area contributed by atoms with Gasteiger partial charge in [-0.2, -0.15) is 0 Å². The second-order valence-corrected chi connectivity index (χ2v) is 9.75. The molecule has 0 aliphatic rings. The number of carbonyl (C=O) groups is 1. The number of hydrogen-bond donors (Lipinski definition) is 2. The van der Waals surface area contributed by atoms with Crippen LogP contribution >= 0.6 is 22.9 Å². The fourth-order valence-electron chi connectivity index (χ4n) is 3.44. The lowest BCUT2D eigenvalue weighted by Gasteiger charge is -2.11. The number of H-pyrrole nitrogens is 1. The maximum absolute atomic E-state index is 12.6. The molecule has 0 saturated carbocycles. The van der Waals surface area contributed by atoms with Gasteiger partial charge in [-0.05, 0) is 24.5 Å². The van der Waals surface area contributed by atoms with Crippen molar-refractivity contribution in [2.45, 2.75) is 66.1 Å². The summed E-state index contributed by atoms with van der Waals surface area (Å²) in [6.45, 7) is 7.64. The number of imidazole rings is 1. The first kappa shape index (κ1) is 23.3. The maximum Gasteiger partial charge on any atom is 0.330 e. The number of carbonyl (C=O) groups excluding carboxylic acids is 1. The van der Waals surface area contributed by atoms with Crippen molar-refractivity contribution in [3.8, 4) is 0 Å². The lowest BCUT2D eigenvalue weighted by molar-refractivity contribution is -0.121. The van der Waals surface area contributed by atoms with E-state index in [9.17, 15) is 14.4 Å². The van der Waals surface area contributed by atoms with Crippen LogP contribution in [0.15, 0.2) is 21.7 Å². The van der Waals surface area contributed by atoms with Crippen molar-refractivity contribution < 1.29 is 4.79 Å². The molecule has 3 heterocycles. The van der Waals surface area contributed by atoms with Crippen LogP contribution in [0.1, 0.15) is 50.7 Å². The van der Waals surface area contributed by atoms with Crippen LogP contribution in [0, 0.1) is 5.92 Å². The molecule has 0 aromatic carbocycles. The first-order valence-electron chi connectivity index (χ1n) is 10.5. The van der Waals surface area contributed by atoms with Gasteiger partial charge in [0.15, 0.2) is 11.2 Å². The van der Waals surface area contributed by atoms with Crippen molar-refractivity contribution >= 4 is 40.0 Å². The molecule has 0 unspecified atom stereocenters. The lowest BCUT2D eigenvalue weighted by atomic mass is 10.2. The van der Waals surface area contributed by atoms with Crippen LogP contribution in [0.5, 0.6) is 0 Å². The first-order valence-corrected chi connectivity index (χ1v) is 11.7. The quantitative estimate of drug-likeness (QED) is 0.479. The Balaban J connectivity index is 1.85. The molecule has 3 aromatic rings. The zero-order valence-corrected chi connectivity index (χ0v) is 19.6. The minimum Gasteiger partial charge on any atom is -0.351 e. The number of hydrogen-bond acceptors (Lipinski definition) is 5. The van der Waals surface area contributed by atoms with Crippen molar-refractivity contribution in [3.05, 3.63) is 48.0 Å². The zero-order valence-electron chi connectivity index (χ0n) is 18.0. The molecule has 0 radical (unpaired) electrons. The number of nitrogens with one attached hydrogen (secondary N) is 2. The van der Waals surface area contributed by atoms with E-state index in [1.165, 1.54) is 15.9 Å². The predicted octanol–water partition coefficient (Wildman–Crippen LogP) is 3.31. The summed E-state index contributed by atoms with van der Waals surface area (Å²) in [6.07, 6.45) is 2.34. The van der Waals surface area contributed by atoms with Gasteiger partial charge in [-0.15, -0.1) is 11.3 Å². The largest absolute Gasteiger partial charge is 0.351 e. The SMILES string of the molecule is CCCCn1c(=O)[nH]c(=O)c2c1nc(CCC(=O)NCc1ccc(Cl)s1)n2CC(C)C. The standard InChI is InChI=1S/C21H28ClN5O3S/c1-4-5-10-26-19-18(20(29)25-21(26)30)27(12-13(2)3)16(24-19)8-9-17(28)23-11-14-6-7-15(22)31-14/h6-7,13H,4-5,8-12H2,1-3H3,(H,23,28)(H,25,29,30). The third kappa shape index (κ3) is 5.65. The zero-order chi connectivity index (χ0) is 22.5. The monoisotopic (exact) mass is 465 g/mol. The fourth-order valence-corrected chi connectivity index (χ4v) is 4.47. The number of thiophene rings is 1. The summed E-state index contributed by atoms with van der Waals surface area (Å²) in [5.74, 6) is 0.799. The summed E-state index contributed by atoms with van der Waals surface area (Å²) in [7, 11) is 0. The minimum absolute atomic E-state index is 0.107. The Morgan fingerprint density at radius 3 is 2.71 bits per heavy atom. The van der Waals surface area contributed by atoms with E-state index in [1.54, 1.807) is 6.07 Å². The number of fused-ring (bicyclic) bond motifs is 1. The number of nitrogens with zero attached hydrogens (tertiary/aromatic N) is 3. The molecule has 2 N–H and O–H groups in total. The molecule has 168 valence electrons. The fraction of sp³-hybridized carbons (Fsp3) is 0.524. The van der Waals surface area contributed by atoms with Gasteiger partial charge in [-0.3, -0.25) is 19.1 Å². The Bertz CT molecular complexity index is 1170. The van der Waals surface area contributed by atoms with Gasteiger partial charge in [0, 0.05) is 30.8 Å². The number of halogens is 1. The van der Waals surface area contributed by atoms with Gasteiger partial charge in [0.25, 0.3) is 5.56 Å². The average Bonchev–Trinajstić information content (AvgIpc) is 3.28. The summed E-state index contributed by atoms with van der Waals surface area (Å²) in [5.41, 5.74) is -0.0928. The predicted molar refractivity (Wildman–Crippen MR) is 124 cm³/mol. The van der Waals surface area contributed by atoms with Crippen molar-refractivity contribution in [2.24, 2.45) is 5.92 Å². The summed E-state index contributed by atoms with van der Waals surface area (Å²) in [6, 6.07) is 3.69. The number of aryl methyl sites for hydroxylation is 2. The van der Waals surface area contributed by atoms with E-state index in [0.29, 0.717) is 47.4 Å². The molecule has 0 aliphatic heterocycles. The smallest absolute Gasteiger partial charge is 0.330 e. The summed E-state index contributed by atoms with van der Waals surface area (Å²) in [4.78, 5) is 45.4. The van der Waals surface area contributed by atoms with E-state index in [4.69, 9.17) is 11.6 Å². The number of aromatic amines is 1. The van der Waals surface area contributed by atoms with E-state index in [-0.39, 0.29) is 18.2 Å². The number of amides is 1. The molecule has 3 aromatic heterocycles. The highest BCUT2D eigenvalue weighted by Gasteiger charge is 2.19. The third-order valence-electron chi connectivity index (χ3n) is 4.91. The molecule has 0 bridgehead atoms. The first-order chi connectivity index (χ1) is 14.8. The maximum atomic E-state index is 12.6. The molecule has 0 atom stereocenters. The van der Waals surface area contributed by atoms with E-state index >= 15 is 0 Å². The van der Waals surface area contributed by atoms with Crippen molar-refractivity contribution in [1.29, 1.82) is 0 Å². The van der Waals surface area contributed by atoms with Gasteiger partial charge in [-0.25, -0.2) is 9.78 Å². The molecule has 0 fully saturated rings. The van der Waals surface area contributed by atoms with Crippen LogP contribution in [0.4, 0.5) is 0 Å². The van der Waals surface area contributed by atoms with Crippen LogP contribution in [0.3, 0.4) is 0 Å². The number of rotatable bonds is 10. The molecular formula is C21H28ClN5O3S. The highest BCUT2D eigenvalue weighted by Crippen LogP contribution is 2.21. The van der Waals surface area contributed by atoms with Crippen LogP contribution in [0.2, 0.25) is 4.34 Å². The van der Waals surface area contributed by atoms with E-state index in [1.807, 2.05) is 17.6 Å². The molecule has 0 spiro atoms. The van der Waals surface area contributed by atoms with Gasteiger partial charge in [0.2, 0.25) is 5.91 Å². The van der Waals surface area contributed by atoms with Crippen LogP contribution in [0.25, 0.3) is 11.2 Å². The Hall–Kier alpha value is -2.39. The summed E-state index contributed by atoms with van der Waals surface area (Å²) in [5, 5.41) is 2.89. The minimum atomic E-state index is -0.445. The normalized spacial score (nSPS) is 11.5. The Kier molecular flexibility index (Phi) is 7.72. The van der Waals surface area contributed by atoms with E-state index < -0.39 is 11.2 Å². The molecule has 1 amide bonds. The Labute approximate surface area is 189 Å². The molecule has 31 heavy (non-hydrogen) atoms. The molecule has 10 heteroatoms. The summed E-state index contributed by atoms with van der Waals surface area (Å²) >= 11 is 7.36. The molecule has 3 rings (SSSR count). The summed E-state index contributed by atoms with van der Waals surface area (Å²) < 4.78 is 4.07. The van der Waals surface area contributed by atoms with Crippen LogP contribution < -0.4 is 16.6 Å². The van der Waals surface area contributed by atoms with Crippen LogP contribution in [-0.2, 0) is 30.8 Å². The highest BCUT2D eigenvalue weighted by molar-refractivity contribution is 7.16. The average molecular weight is 466 g/mol. The highest BCUT2D eigenvalue weighted by atomic mass is 35.5. The van der Waals surface area contributed by atoms with E-state index in [0.717, 1.165) is 17.7 Å². The second-order valence-electron chi connectivity index (χ2n) is 7.95. The van der Waals surface area contributed by atoms with E-state index in [2.05, 4.69) is 29.1 Å². The van der Waals surface area contributed by atoms with Crippen molar-refractivity contribution in [1.82, 2.24) is 24.4 Å². The molecule has 0 aliphatic carbocycles. The molecule has 0 saturated heterocycles. The van der Waals surface area contributed by atoms with Gasteiger partial charge in [0.1, 0.15) is 5.82 Å². The molecule has 8 nitrogen and oxygen atoms in total. The van der Waals surface area contributed by atoms with Gasteiger partial charge < -0.3 is 9.88 Å². The van der Waals surface area contributed by atoms with Crippen LogP contribution in [-0.4, -0.2) is 25.0 Å². The molecular weight excluding hydrogens is 438 g/mol. The van der Waals surface area contributed by atoms with Crippen molar-refractivity contribution in [2.75, 3.05) is 0 Å². The number of unbranched alkanes of at least 4 members (excludes halogenated alkanes) is 1.